The molecule has 0 radical (unpaired) electrons. The molecular weight excluding hydrogens is 230 g/mol. The number of ether oxygens (including phenoxy) is 1. The topological polar surface area (TPSA) is 58.6 Å². The Bertz CT molecular complexity index is 400. The van der Waals surface area contributed by atoms with E-state index in [1.807, 2.05) is 6.07 Å². The molecular formula is C14H19NO3. The SMILES string of the molecule is O=C(O)c1ccccc1NCCOC1CCCC1. The van der Waals surface area contributed by atoms with Gasteiger partial charge in [0.2, 0.25) is 0 Å². The van der Waals surface area contributed by atoms with E-state index in [-0.39, 0.29) is 0 Å². The van der Waals surface area contributed by atoms with Crippen molar-refractivity contribution in [3.05, 3.63) is 29.8 Å². The lowest BCUT2D eigenvalue weighted by Gasteiger charge is -2.13. The minimum atomic E-state index is -0.908. The zero-order valence-corrected chi connectivity index (χ0v) is 10.4. The van der Waals surface area contributed by atoms with Gasteiger partial charge in [0, 0.05) is 12.2 Å². The first-order chi connectivity index (χ1) is 8.77. The molecule has 1 aliphatic rings. The first kappa shape index (κ1) is 12.9. The minimum absolute atomic E-state index is 0.304. The maximum atomic E-state index is 11.0. The van der Waals surface area contributed by atoms with Crippen LogP contribution in [0, 0.1) is 0 Å². The van der Waals surface area contributed by atoms with Gasteiger partial charge in [-0.05, 0) is 25.0 Å². The van der Waals surface area contributed by atoms with Crippen LogP contribution in [0.1, 0.15) is 36.0 Å². The molecule has 0 aliphatic heterocycles. The van der Waals surface area contributed by atoms with Crippen LogP contribution < -0.4 is 5.32 Å². The number of benzene rings is 1. The number of aromatic carboxylic acids is 1. The van der Waals surface area contributed by atoms with Crippen LogP contribution >= 0.6 is 0 Å². The maximum absolute atomic E-state index is 11.0. The Kier molecular flexibility index (Phi) is 4.59. The second-order valence-electron chi connectivity index (χ2n) is 4.55. The van der Waals surface area contributed by atoms with E-state index in [0.717, 1.165) is 12.8 Å². The van der Waals surface area contributed by atoms with Crippen LogP contribution in [0.25, 0.3) is 0 Å². The monoisotopic (exact) mass is 249 g/mol. The number of anilines is 1. The van der Waals surface area contributed by atoms with Crippen LogP contribution in [0.4, 0.5) is 5.69 Å². The number of carboxylic acid groups (broad SMARTS) is 1. The molecule has 1 aromatic carbocycles. The van der Waals surface area contributed by atoms with E-state index >= 15 is 0 Å². The summed E-state index contributed by atoms with van der Waals surface area (Å²) in [6.07, 6.45) is 5.25. The molecule has 0 heterocycles. The number of carbonyl (C=O) groups is 1. The minimum Gasteiger partial charge on any atom is -0.478 e. The zero-order chi connectivity index (χ0) is 12.8. The molecule has 0 unspecified atom stereocenters. The summed E-state index contributed by atoms with van der Waals surface area (Å²) >= 11 is 0. The van der Waals surface area contributed by atoms with Gasteiger partial charge in [-0.2, -0.15) is 0 Å². The van der Waals surface area contributed by atoms with Crippen LogP contribution in [0.15, 0.2) is 24.3 Å². The van der Waals surface area contributed by atoms with Crippen molar-refractivity contribution < 1.29 is 14.6 Å². The lowest BCUT2D eigenvalue weighted by Crippen LogP contribution is -2.16. The molecule has 0 saturated heterocycles. The lowest BCUT2D eigenvalue weighted by molar-refractivity contribution is 0.0656. The van der Waals surface area contributed by atoms with Crippen LogP contribution in [0.5, 0.6) is 0 Å². The Labute approximate surface area is 107 Å². The van der Waals surface area contributed by atoms with Gasteiger partial charge in [0.25, 0.3) is 0 Å². The van der Waals surface area contributed by atoms with Gasteiger partial charge in [0.05, 0.1) is 18.3 Å². The largest absolute Gasteiger partial charge is 0.478 e. The highest BCUT2D eigenvalue weighted by atomic mass is 16.5. The highest BCUT2D eigenvalue weighted by Crippen LogP contribution is 2.20. The number of hydrogen-bond donors (Lipinski definition) is 2. The van der Waals surface area contributed by atoms with Crippen molar-refractivity contribution >= 4 is 11.7 Å². The van der Waals surface area contributed by atoms with Crippen molar-refractivity contribution in [3.63, 3.8) is 0 Å². The standard InChI is InChI=1S/C14H19NO3/c16-14(17)12-7-3-4-8-13(12)15-9-10-18-11-5-1-2-6-11/h3-4,7-8,11,15H,1-2,5-6,9-10H2,(H,16,17). The van der Waals surface area contributed by atoms with E-state index in [1.165, 1.54) is 12.8 Å². The number of carboxylic acids is 1. The lowest BCUT2D eigenvalue weighted by atomic mass is 10.2. The quantitative estimate of drug-likeness (QED) is 0.761. The molecule has 98 valence electrons. The zero-order valence-electron chi connectivity index (χ0n) is 10.4. The van der Waals surface area contributed by atoms with Gasteiger partial charge in [-0.15, -0.1) is 0 Å². The number of para-hydroxylation sites is 1. The highest BCUT2D eigenvalue weighted by Gasteiger charge is 2.14. The summed E-state index contributed by atoms with van der Waals surface area (Å²) in [5.74, 6) is -0.908. The fourth-order valence-electron chi connectivity index (χ4n) is 2.29. The molecule has 1 aromatic rings. The van der Waals surface area contributed by atoms with E-state index in [1.54, 1.807) is 18.2 Å². The average molecular weight is 249 g/mol. The van der Waals surface area contributed by atoms with Crippen LogP contribution in [0.3, 0.4) is 0 Å². The van der Waals surface area contributed by atoms with Crippen molar-refractivity contribution in [2.75, 3.05) is 18.5 Å². The number of rotatable bonds is 6. The second kappa shape index (κ2) is 6.40. The molecule has 4 nitrogen and oxygen atoms in total. The highest BCUT2D eigenvalue weighted by molar-refractivity contribution is 5.94. The van der Waals surface area contributed by atoms with E-state index in [9.17, 15) is 4.79 Å². The van der Waals surface area contributed by atoms with Gasteiger partial charge in [-0.1, -0.05) is 25.0 Å². The van der Waals surface area contributed by atoms with Gasteiger partial charge in [0.1, 0.15) is 0 Å². The molecule has 2 rings (SSSR count). The molecule has 2 N–H and O–H groups in total. The van der Waals surface area contributed by atoms with Gasteiger partial charge < -0.3 is 15.2 Å². The Balaban J connectivity index is 1.77. The first-order valence-electron chi connectivity index (χ1n) is 6.45. The molecule has 0 aromatic heterocycles. The van der Waals surface area contributed by atoms with Crippen molar-refractivity contribution in [2.24, 2.45) is 0 Å². The summed E-state index contributed by atoms with van der Waals surface area (Å²) in [7, 11) is 0. The predicted molar refractivity (Wildman–Crippen MR) is 70.1 cm³/mol. The van der Waals surface area contributed by atoms with Crippen LogP contribution in [0.2, 0.25) is 0 Å². The Morgan fingerprint density at radius 2 is 2.06 bits per heavy atom. The third-order valence-electron chi connectivity index (χ3n) is 3.23. The summed E-state index contributed by atoms with van der Waals surface area (Å²) in [5, 5.41) is 12.1. The molecule has 18 heavy (non-hydrogen) atoms. The first-order valence-corrected chi connectivity index (χ1v) is 6.45. The van der Waals surface area contributed by atoms with Crippen LogP contribution in [-0.4, -0.2) is 30.3 Å². The third kappa shape index (κ3) is 3.47. The van der Waals surface area contributed by atoms with Gasteiger partial charge in [-0.25, -0.2) is 4.79 Å². The molecule has 1 aliphatic carbocycles. The molecule has 1 fully saturated rings. The Morgan fingerprint density at radius 1 is 1.33 bits per heavy atom. The number of hydrogen-bond acceptors (Lipinski definition) is 3. The summed E-state index contributed by atoms with van der Waals surface area (Å²) in [6, 6.07) is 6.93. The smallest absolute Gasteiger partial charge is 0.337 e. The van der Waals surface area contributed by atoms with Crippen molar-refractivity contribution in [1.29, 1.82) is 0 Å². The fourth-order valence-corrected chi connectivity index (χ4v) is 2.29. The van der Waals surface area contributed by atoms with Crippen molar-refractivity contribution in [1.82, 2.24) is 0 Å². The van der Waals surface area contributed by atoms with E-state index < -0.39 is 5.97 Å². The van der Waals surface area contributed by atoms with Gasteiger partial charge >= 0.3 is 5.97 Å². The van der Waals surface area contributed by atoms with Crippen molar-refractivity contribution in [3.8, 4) is 0 Å². The van der Waals surface area contributed by atoms with Gasteiger partial charge in [0.15, 0.2) is 0 Å². The molecule has 0 amide bonds. The van der Waals surface area contributed by atoms with Crippen LogP contribution in [-0.2, 0) is 4.74 Å². The predicted octanol–water partition coefficient (Wildman–Crippen LogP) is 2.76. The van der Waals surface area contributed by atoms with E-state index in [2.05, 4.69) is 5.32 Å². The second-order valence-corrected chi connectivity index (χ2v) is 4.55. The van der Waals surface area contributed by atoms with Crippen molar-refractivity contribution in [2.45, 2.75) is 31.8 Å². The van der Waals surface area contributed by atoms with Gasteiger partial charge in [-0.3, -0.25) is 0 Å². The summed E-state index contributed by atoms with van der Waals surface area (Å²) in [6.45, 7) is 1.26. The average Bonchev–Trinajstić information content (AvgIpc) is 2.88. The molecule has 0 bridgehead atoms. The van der Waals surface area contributed by atoms with E-state index in [0.29, 0.717) is 30.5 Å². The Hall–Kier alpha value is -1.55. The normalized spacial score (nSPS) is 15.8. The summed E-state index contributed by atoms with van der Waals surface area (Å²) in [4.78, 5) is 11.0. The summed E-state index contributed by atoms with van der Waals surface area (Å²) < 4.78 is 5.72. The molecule has 4 heteroatoms. The van der Waals surface area contributed by atoms with E-state index in [4.69, 9.17) is 9.84 Å². The third-order valence-corrected chi connectivity index (χ3v) is 3.23. The molecule has 0 atom stereocenters. The number of nitrogens with one attached hydrogen (secondary N) is 1. The maximum Gasteiger partial charge on any atom is 0.337 e. The summed E-state index contributed by atoms with van der Waals surface area (Å²) in [5.41, 5.74) is 0.957. The Morgan fingerprint density at radius 3 is 2.78 bits per heavy atom. The molecule has 1 saturated carbocycles. The molecule has 0 spiro atoms. The fraction of sp³-hybridized carbons (Fsp3) is 0.500.